The summed E-state index contributed by atoms with van der Waals surface area (Å²) < 4.78 is 24.7. The van der Waals surface area contributed by atoms with E-state index in [0.717, 1.165) is 30.5 Å². The number of aromatic nitrogens is 5. The summed E-state index contributed by atoms with van der Waals surface area (Å²) >= 11 is 0. The number of carbonyl (C=O) groups is 2. The molecule has 2 aromatic carbocycles. The summed E-state index contributed by atoms with van der Waals surface area (Å²) in [6, 6.07) is 12.3. The van der Waals surface area contributed by atoms with Crippen LogP contribution in [-0.4, -0.2) is 60.2 Å². The van der Waals surface area contributed by atoms with E-state index in [-0.39, 0.29) is 36.1 Å². The quantitative estimate of drug-likeness (QED) is 0.271. The Morgan fingerprint density at radius 2 is 1.83 bits per heavy atom. The molecule has 0 radical (unpaired) electrons. The Hall–Kier alpha value is -4.60. The van der Waals surface area contributed by atoms with E-state index in [0.29, 0.717) is 28.1 Å². The highest BCUT2D eigenvalue weighted by Crippen LogP contribution is 2.47. The van der Waals surface area contributed by atoms with Gasteiger partial charge in [0.25, 0.3) is 5.91 Å². The van der Waals surface area contributed by atoms with Gasteiger partial charge in [-0.05, 0) is 69.4 Å². The maximum Gasteiger partial charge on any atom is 0.341 e. The predicted molar refractivity (Wildman–Crippen MR) is 156 cm³/mol. The van der Waals surface area contributed by atoms with Crippen molar-refractivity contribution in [1.29, 1.82) is 0 Å². The molecule has 0 saturated carbocycles. The lowest BCUT2D eigenvalue weighted by Gasteiger charge is -2.39. The molecule has 42 heavy (non-hydrogen) atoms. The average molecular weight is 569 g/mol. The van der Waals surface area contributed by atoms with E-state index < -0.39 is 11.8 Å². The van der Waals surface area contributed by atoms with Crippen molar-refractivity contribution in [2.45, 2.75) is 58.0 Å². The first-order chi connectivity index (χ1) is 20.3. The zero-order chi connectivity index (χ0) is 29.5. The van der Waals surface area contributed by atoms with Crippen LogP contribution in [0.25, 0.3) is 22.4 Å². The molecule has 0 spiro atoms. The number of benzene rings is 2. The van der Waals surface area contributed by atoms with Crippen LogP contribution in [-0.2, 0) is 11.8 Å². The second-order valence-electron chi connectivity index (χ2n) is 11.0. The molecular weight excluding hydrogens is 535 g/mol. The fraction of sp³-hybridized carbons (Fsp3) is 0.344. The van der Waals surface area contributed by atoms with Crippen molar-refractivity contribution in [3.8, 4) is 16.8 Å². The Labute approximate surface area is 243 Å². The van der Waals surface area contributed by atoms with Crippen LogP contribution in [0.4, 0.5) is 4.39 Å². The molecule has 0 N–H and O–H groups in total. The first kappa shape index (κ1) is 27.6. The molecular formula is C32H33FN6O3. The Balaban J connectivity index is 1.37. The summed E-state index contributed by atoms with van der Waals surface area (Å²) in [7, 11) is 1.80. The van der Waals surface area contributed by atoms with Gasteiger partial charge in [0.2, 0.25) is 0 Å². The standard InChI is InChI=1S/C32H33FN6O3/c1-5-42-32(41)27-17-34-39(30(27)26-16-25(26)28-18-37(4)36-35-28)22-12-7-11-21(15-22)23-13-8-14-24(29(23)33)31(40)38-19(2)9-6-10-20(38)3/h7-8,11-20,25H,5-6,9-10H2,1-4H3/t19-,20+,25-/m0/s1. The van der Waals surface area contributed by atoms with Gasteiger partial charge in [-0.2, -0.15) is 5.10 Å². The Bertz CT molecular complexity index is 1700. The number of rotatable bonds is 7. The zero-order valence-electron chi connectivity index (χ0n) is 24.1. The second-order valence-corrected chi connectivity index (χ2v) is 11.0. The number of allylic oxidation sites excluding steroid dienone is 2. The van der Waals surface area contributed by atoms with Crippen molar-refractivity contribution in [1.82, 2.24) is 29.7 Å². The monoisotopic (exact) mass is 568 g/mol. The number of hydrogen-bond donors (Lipinski definition) is 0. The molecule has 6 rings (SSSR count). The summed E-state index contributed by atoms with van der Waals surface area (Å²) in [5.74, 6) is -1.41. The molecule has 1 aliphatic carbocycles. The van der Waals surface area contributed by atoms with Gasteiger partial charge in [0.15, 0.2) is 0 Å². The van der Waals surface area contributed by atoms with Gasteiger partial charge in [-0.3, -0.25) is 9.48 Å². The zero-order valence-corrected chi connectivity index (χ0v) is 24.1. The van der Waals surface area contributed by atoms with Crippen LogP contribution in [0.3, 0.4) is 0 Å². The highest BCUT2D eigenvalue weighted by atomic mass is 19.1. The van der Waals surface area contributed by atoms with Gasteiger partial charge in [0, 0.05) is 30.9 Å². The van der Waals surface area contributed by atoms with E-state index in [9.17, 15) is 9.59 Å². The van der Waals surface area contributed by atoms with Crippen LogP contribution in [0, 0.1) is 5.82 Å². The molecule has 9 nitrogen and oxygen atoms in total. The minimum atomic E-state index is -0.551. The van der Waals surface area contributed by atoms with E-state index in [2.05, 4.69) is 15.4 Å². The van der Waals surface area contributed by atoms with Crippen LogP contribution >= 0.6 is 0 Å². The van der Waals surface area contributed by atoms with Gasteiger partial charge in [-0.15, -0.1) is 5.10 Å². The lowest BCUT2D eigenvalue weighted by Crippen LogP contribution is -2.47. The highest BCUT2D eigenvalue weighted by Gasteiger charge is 2.37. The van der Waals surface area contributed by atoms with Crippen molar-refractivity contribution in [3.63, 3.8) is 0 Å². The number of likely N-dealkylation sites (tertiary alicyclic amines) is 1. The molecule has 10 heteroatoms. The SMILES string of the molecule is CCOC(=O)c1cnn(-c2cccc(-c3cccc(C(=O)N4[C@H](C)CCC[C@@H]4C)c3F)c2)c1C1=C[C@@H]1c1cn(C)nn1. The van der Waals surface area contributed by atoms with Crippen LogP contribution in [0.1, 0.15) is 78.1 Å². The van der Waals surface area contributed by atoms with Crippen LogP contribution in [0.15, 0.2) is 60.9 Å². The molecule has 4 aromatic rings. The van der Waals surface area contributed by atoms with Gasteiger partial charge < -0.3 is 9.64 Å². The summed E-state index contributed by atoms with van der Waals surface area (Å²) in [6.45, 7) is 6.03. The first-order valence-corrected chi connectivity index (χ1v) is 14.3. The lowest BCUT2D eigenvalue weighted by molar-refractivity contribution is 0.0502. The maximum atomic E-state index is 16.1. The lowest BCUT2D eigenvalue weighted by atomic mass is 9.95. The summed E-state index contributed by atoms with van der Waals surface area (Å²) in [5.41, 5.74) is 4.20. The molecule has 3 heterocycles. The fourth-order valence-corrected chi connectivity index (χ4v) is 5.98. The van der Waals surface area contributed by atoms with Gasteiger partial charge in [0.1, 0.15) is 11.4 Å². The molecule has 2 aromatic heterocycles. The van der Waals surface area contributed by atoms with E-state index in [4.69, 9.17) is 4.74 Å². The first-order valence-electron chi connectivity index (χ1n) is 14.3. The summed E-state index contributed by atoms with van der Waals surface area (Å²) in [5, 5.41) is 12.8. The number of amides is 1. The summed E-state index contributed by atoms with van der Waals surface area (Å²) in [6.07, 6.45) is 8.21. The molecule has 2 aliphatic rings. The molecule has 1 amide bonds. The third-order valence-corrected chi connectivity index (χ3v) is 8.11. The van der Waals surface area contributed by atoms with E-state index in [1.54, 1.807) is 47.6 Å². The van der Waals surface area contributed by atoms with Crippen molar-refractivity contribution < 1.29 is 18.7 Å². The molecule has 0 unspecified atom stereocenters. The Kier molecular flexibility index (Phi) is 7.22. The van der Waals surface area contributed by atoms with Gasteiger partial charge in [-0.1, -0.05) is 35.6 Å². The second kappa shape index (κ2) is 11.0. The largest absolute Gasteiger partial charge is 0.462 e. The van der Waals surface area contributed by atoms with Gasteiger partial charge in [-0.25, -0.2) is 13.9 Å². The molecule has 3 atom stereocenters. The smallest absolute Gasteiger partial charge is 0.341 e. The molecule has 0 bridgehead atoms. The van der Waals surface area contributed by atoms with E-state index in [1.165, 1.54) is 6.20 Å². The maximum absolute atomic E-state index is 16.1. The van der Waals surface area contributed by atoms with Crippen molar-refractivity contribution in [2.24, 2.45) is 7.05 Å². The van der Waals surface area contributed by atoms with Crippen molar-refractivity contribution >= 4 is 17.4 Å². The Morgan fingerprint density at radius 3 is 2.55 bits per heavy atom. The van der Waals surface area contributed by atoms with Gasteiger partial charge in [0.05, 0.1) is 41.4 Å². The van der Waals surface area contributed by atoms with Crippen LogP contribution in [0.5, 0.6) is 0 Å². The summed E-state index contributed by atoms with van der Waals surface area (Å²) in [4.78, 5) is 28.2. The molecule has 1 saturated heterocycles. The van der Waals surface area contributed by atoms with Gasteiger partial charge >= 0.3 is 5.97 Å². The minimum absolute atomic E-state index is 0.0573. The number of carbonyl (C=O) groups excluding carboxylic acids is 2. The number of halogens is 1. The number of nitrogens with zero attached hydrogens (tertiary/aromatic N) is 6. The molecule has 1 aliphatic heterocycles. The fourth-order valence-electron chi connectivity index (χ4n) is 5.98. The number of aryl methyl sites for hydroxylation is 1. The number of piperidine rings is 1. The predicted octanol–water partition coefficient (Wildman–Crippen LogP) is 5.57. The third-order valence-electron chi connectivity index (χ3n) is 8.11. The number of ether oxygens (including phenoxy) is 1. The van der Waals surface area contributed by atoms with Crippen molar-refractivity contribution in [2.75, 3.05) is 6.61 Å². The van der Waals surface area contributed by atoms with Crippen LogP contribution < -0.4 is 0 Å². The third kappa shape index (κ3) is 4.91. The van der Waals surface area contributed by atoms with Crippen molar-refractivity contribution in [3.05, 3.63) is 89.3 Å². The Morgan fingerprint density at radius 1 is 1.07 bits per heavy atom. The van der Waals surface area contributed by atoms with Crippen LogP contribution in [0.2, 0.25) is 0 Å². The number of hydrogen-bond acceptors (Lipinski definition) is 6. The molecule has 1 fully saturated rings. The average Bonchev–Trinajstić information content (AvgIpc) is 3.42. The molecule has 216 valence electrons. The van der Waals surface area contributed by atoms with E-state index >= 15 is 4.39 Å². The topological polar surface area (TPSA) is 95.1 Å². The number of esters is 1. The minimum Gasteiger partial charge on any atom is -0.462 e. The highest BCUT2D eigenvalue weighted by molar-refractivity contribution is 5.99. The van der Waals surface area contributed by atoms with E-state index in [1.807, 2.05) is 49.2 Å². The normalized spacial score (nSPS) is 19.9.